The lowest BCUT2D eigenvalue weighted by atomic mass is 9.91. The Labute approximate surface area is 147 Å². The highest BCUT2D eigenvalue weighted by atomic mass is 16.5. The Hall–Kier alpha value is -2.43. The van der Waals surface area contributed by atoms with E-state index in [0.29, 0.717) is 18.6 Å². The lowest BCUT2D eigenvalue weighted by Crippen LogP contribution is -2.34. The topological polar surface area (TPSA) is 55.8 Å². The van der Waals surface area contributed by atoms with Crippen LogP contribution in [0.1, 0.15) is 22.3 Å². The van der Waals surface area contributed by atoms with Crippen LogP contribution >= 0.6 is 0 Å². The highest BCUT2D eigenvalue weighted by Gasteiger charge is 2.27. The van der Waals surface area contributed by atoms with E-state index >= 15 is 0 Å². The maximum Gasteiger partial charge on any atom is 0.338 e. The summed E-state index contributed by atoms with van der Waals surface area (Å²) in [5.41, 5.74) is 1.61. The van der Waals surface area contributed by atoms with Gasteiger partial charge in [-0.3, -0.25) is 0 Å². The molecular formula is C21H22O4. The number of hydrogen-bond acceptors (Lipinski definition) is 4. The van der Waals surface area contributed by atoms with Crippen molar-refractivity contribution in [3.05, 3.63) is 83.9 Å². The van der Waals surface area contributed by atoms with Gasteiger partial charge in [-0.25, -0.2) is 4.79 Å². The molecule has 0 unspecified atom stereocenters. The Balaban J connectivity index is 1.57. The number of rotatable bonds is 6. The number of aliphatic hydroxyl groups excluding tert-OH is 1. The monoisotopic (exact) mass is 338 g/mol. The molecular weight excluding hydrogens is 316 g/mol. The summed E-state index contributed by atoms with van der Waals surface area (Å²) in [5, 5.41) is 9.88. The molecule has 1 aliphatic rings. The lowest BCUT2D eigenvalue weighted by Gasteiger charge is -2.29. The highest BCUT2D eigenvalue weighted by Crippen LogP contribution is 2.23. The van der Waals surface area contributed by atoms with E-state index in [1.165, 1.54) is 0 Å². The molecule has 4 nitrogen and oxygen atoms in total. The number of ether oxygens (including phenoxy) is 2. The van der Waals surface area contributed by atoms with E-state index in [9.17, 15) is 9.90 Å². The van der Waals surface area contributed by atoms with Crippen LogP contribution in [-0.4, -0.2) is 29.9 Å². The number of hydrogen-bond donors (Lipinski definition) is 1. The highest BCUT2D eigenvalue weighted by molar-refractivity contribution is 5.89. The van der Waals surface area contributed by atoms with Crippen molar-refractivity contribution in [3.8, 4) is 0 Å². The molecule has 0 heterocycles. The van der Waals surface area contributed by atoms with Gasteiger partial charge in [0.2, 0.25) is 0 Å². The fourth-order valence-electron chi connectivity index (χ4n) is 2.85. The van der Waals surface area contributed by atoms with Gasteiger partial charge < -0.3 is 14.6 Å². The lowest BCUT2D eigenvalue weighted by molar-refractivity contribution is -0.0343. The summed E-state index contributed by atoms with van der Waals surface area (Å²) in [6.45, 7) is 0.700. The minimum Gasteiger partial charge on any atom is -0.461 e. The molecule has 25 heavy (non-hydrogen) atoms. The number of aliphatic hydroxyl groups is 1. The van der Waals surface area contributed by atoms with E-state index in [4.69, 9.17) is 9.47 Å². The first-order valence-electron chi connectivity index (χ1n) is 8.46. The molecule has 0 saturated carbocycles. The zero-order valence-corrected chi connectivity index (χ0v) is 14.0. The Morgan fingerprint density at radius 2 is 1.68 bits per heavy atom. The van der Waals surface area contributed by atoms with Gasteiger partial charge in [-0.1, -0.05) is 60.7 Å². The zero-order valence-electron chi connectivity index (χ0n) is 14.0. The zero-order chi connectivity index (χ0) is 17.5. The Bertz CT molecular complexity index is 696. The van der Waals surface area contributed by atoms with E-state index in [1.54, 1.807) is 30.3 Å². The first-order valence-corrected chi connectivity index (χ1v) is 8.46. The molecule has 4 heteroatoms. The normalized spacial score (nSPS) is 22.5. The molecule has 0 amide bonds. The van der Waals surface area contributed by atoms with Crippen molar-refractivity contribution in [1.82, 2.24) is 0 Å². The van der Waals surface area contributed by atoms with Crippen molar-refractivity contribution in [2.75, 3.05) is 6.61 Å². The predicted molar refractivity (Wildman–Crippen MR) is 95.0 cm³/mol. The molecule has 0 fully saturated rings. The van der Waals surface area contributed by atoms with Gasteiger partial charge in [0.15, 0.2) is 0 Å². The van der Waals surface area contributed by atoms with Gasteiger partial charge in [0, 0.05) is 12.3 Å². The van der Waals surface area contributed by atoms with Gasteiger partial charge in [-0.15, -0.1) is 0 Å². The van der Waals surface area contributed by atoms with E-state index in [2.05, 4.69) is 0 Å². The summed E-state index contributed by atoms with van der Waals surface area (Å²) in [6, 6.07) is 18.8. The first-order chi connectivity index (χ1) is 12.2. The largest absolute Gasteiger partial charge is 0.461 e. The average molecular weight is 338 g/mol. The molecule has 0 spiro atoms. The fraction of sp³-hybridized carbons (Fsp3) is 0.286. The van der Waals surface area contributed by atoms with Crippen molar-refractivity contribution in [2.24, 2.45) is 5.92 Å². The van der Waals surface area contributed by atoms with Crippen LogP contribution in [0.3, 0.4) is 0 Å². The fourth-order valence-corrected chi connectivity index (χ4v) is 2.85. The Morgan fingerprint density at radius 3 is 2.40 bits per heavy atom. The standard InChI is InChI=1S/C21H22O4/c22-19-12-11-18(15-25-21(23)17-9-5-2-6-10-17)20(13-19)24-14-16-7-3-1-4-8-16/h1-12,18-20,22H,13-15H2/t18-,19+,20+/m0/s1. The van der Waals surface area contributed by atoms with Crippen LogP contribution in [0.5, 0.6) is 0 Å². The minimum atomic E-state index is -0.526. The summed E-state index contributed by atoms with van der Waals surface area (Å²) < 4.78 is 11.4. The molecule has 130 valence electrons. The first kappa shape index (κ1) is 17.4. The predicted octanol–water partition coefficient (Wildman–Crippen LogP) is 3.37. The van der Waals surface area contributed by atoms with Crippen molar-refractivity contribution in [1.29, 1.82) is 0 Å². The van der Waals surface area contributed by atoms with Crippen LogP contribution in [0.4, 0.5) is 0 Å². The van der Waals surface area contributed by atoms with Crippen molar-refractivity contribution >= 4 is 5.97 Å². The van der Waals surface area contributed by atoms with Gasteiger partial charge >= 0.3 is 5.97 Å². The maximum atomic E-state index is 12.1. The van der Waals surface area contributed by atoms with Gasteiger partial charge in [-0.2, -0.15) is 0 Å². The SMILES string of the molecule is O=C(OC[C@@H]1C=C[C@@H](O)C[C@H]1OCc1ccccc1)c1ccccc1. The molecule has 2 aromatic rings. The minimum absolute atomic E-state index is 0.0697. The van der Waals surface area contributed by atoms with Gasteiger partial charge in [0.25, 0.3) is 0 Å². The summed E-state index contributed by atoms with van der Waals surface area (Å²) in [6.07, 6.45) is 3.40. The van der Waals surface area contributed by atoms with Crippen LogP contribution in [0.2, 0.25) is 0 Å². The number of carbonyl (C=O) groups excluding carboxylic acids is 1. The Morgan fingerprint density at radius 1 is 1.00 bits per heavy atom. The van der Waals surface area contributed by atoms with Crippen molar-refractivity contribution < 1.29 is 19.4 Å². The Kier molecular flexibility index (Phi) is 5.99. The summed E-state index contributed by atoms with van der Waals surface area (Å²) >= 11 is 0. The molecule has 0 aliphatic heterocycles. The molecule has 1 aliphatic carbocycles. The van der Waals surface area contributed by atoms with Crippen molar-refractivity contribution in [2.45, 2.75) is 25.2 Å². The molecule has 3 atom stereocenters. The van der Waals surface area contributed by atoms with E-state index < -0.39 is 6.10 Å². The number of carbonyl (C=O) groups is 1. The quantitative estimate of drug-likeness (QED) is 0.648. The van der Waals surface area contributed by atoms with Gasteiger partial charge in [0.1, 0.15) is 6.61 Å². The van der Waals surface area contributed by atoms with E-state index in [0.717, 1.165) is 5.56 Å². The van der Waals surface area contributed by atoms with Crippen LogP contribution in [-0.2, 0) is 16.1 Å². The average Bonchev–Trinajstić information content (AvgIpc) is 2.67. The molecule has 0 bridgehead atoms. The van der Waals surface area contributed by atoms with E-state index in [-0.39, 0.29) is 24.6 Å². The summed E-state index contributed by atoms with van der Waals surface area (Å²) in [5.74, 6) is -0.415. The molecule has 3 rings (SSSR count). The third-order valence-corrected chi connectivity index (χ3v) is 4.26. The van der Waals surface area contributed by atoms with Crippen LogP contribution in [0.15, 0.2) is 72.8 Å². The summed E-state index contributed by atoms with van der Waals surface area (Å²) in [4.78, 5) is 12.1. The third kappa shape index (κ3) is 5.02. The van der Waals surface area contributed by atoms with Crippen LogP contribution < -0.4 is 0 Å². The molecule has 0 aromatic heterocycles. The van der Waals surface area contributed by atoms with Gasteiger partial charge in [0.05, 0.1) is 24.4 Å². The second kappa shape index (κ2) is 8.60. The third-order valence-electron chi connectivity index (χ3n) is 4.26. The number of esters is 1. The second-order valence-corrected chi connectivity index (χ2v) is 6.15. The molecule has 0 saturated heterocycles. The second-order valence-electron chi connectivity index (χ2n) is 6.15. The van der Waals surface area contributed by atoms with Crippen LogP contribution in [0.25, 0.3) is 0 Å². The van der Waals surface area contributed by atoms with Gasteiger partial charge in [-0.05, 0) is 17.7 Å². The molecule has 2 aromatic carbocycles. The smallest absolute Gasteiger partial charge is 0.338 e. The maximum absolute atomic E-state index is 12.1. The summed E-state index contributed by atoms with van der Waals surface area (Å²) in [7, 11) is 0. The van der Waals surface area contributed by atoms with E-state index in [1.807, 2.05) is 42.5 Å². The van der Waals surface area contributed by atoms with Crippen molar-refractivity contribution in [3.63, 3.8) is 0 Å². The molecule has 0 radical (unpaired) electrons. The number of benzene rings is 2. The molecule has 1 N–H and O–H groups in total. The van der Waals surface area contributed by atoms with Crippen LogP contribution in [0, 0.1) is 5.92 Å².